The van der Waals surface area contributed by atoms with Crippen molar-refractivity contribution in [2.24, 2.45) is 11.7 Å². The molecule has 0 heterocycles. The van der Waals surface area contributed by atoms with Crippen LogP contribution in [0.4, 0.5) is 5.69 Å². The fraction of sp³-hybridized carbons (Fsp3) is 0.533. The fourth-order valence-electron chi connectivity index (χ4n) is 2.95. The van der Waals surface area contributed by atoms with E-state index in [1.54, 1.807) is 7.11 Å². The molecule has 1 amide bonds. The highest BCUT2D eigenvalue weighted by Gasteiger charge is 2.43. The van der Waals surface area contributed by atoms with Crippen LogP contribution in [0.5, 0.6) is 5.75 Å². The first-order chi connectivity index (χ1) is 9.10. The molecule has 1 aliphatic rings. The third-order valence-electron chi connectivity index (χ3n) is 4.20. The highest BCUT2D eigenvalue weighted by atomic mass is 16.5. The highest BCUT2D eigenvalue weighted by Crippen LogP contribution is 2.38. The van der Waals surface area contributed by atoms with E-state index in [1.807, 2.05) is 24.3 Å². The predicted octanol–water partition coefficient (Wildman–Crippen LogP) is 2.54. The third kappa shape index (κ3) is 2.53. The molecule has 1 aromatic carbocycles. The zero-order chi connectivity index (χ0) is 13.9. The molecule has 0 aromatic heterocycles. The van der Waals surface area contributed by atoms with Crippen molar-refractivity contribution in [1.29, 1.82) is 0 Å². The molecule has 1 aromatic rings. The van der Waals surface area contributed by atoms with Gasteiger partial charge < -0.3 is 15.8 Å². The van der Waals surface area contributed by atoms with Crippen molar-refractivity contribution in [3.63, 3.8) is 0 Å². The summed E-state index contributed by atoms with van der Waals surface area (Å²) in [5.41, 5.74) is 5.86. The first-order valence-electron chi connectivity index (χ1n) is 6.81. The van der Waals surface area contributed by atoms with E-state index in [0.717, 1.165) is 37.1 Å². The molecule has 0 aliphatic heterocycles. The van der Waals surface area contributed by atoms with Crippen molar-refractivity contribution in [3.8, 4) is 5.75 Å². The predicted molar refractivity (Wildman–Crippen MR) is 76.2 cm³/mol. The molecule has 1 saturated carbocycles. The number of para-hydroxylation sites is 2. The Morgan fingerprint density at radius 2 is 2.16 bits per heavy atom. The molecule has 0 saturated heterocycles. The lowest BCUT2D eigenvalue weighted by Crippen LogP contribution is -2.56. The number of carbonyl (C=O) groups excluding carboxylic acids is 1. The van der Waals surface area contributed by atoms with Crippen molar-refractivity contribution >= 4 is 11.6 Å². The Labute approximate surface area is 114 Å². The van der Waals surface area contributed by atoms with Crippen molar-refractivity contribution in [2.45, 2.75) is 38.1 Å². The number of hydrogen-bond donors (Lipinski definition) is 2. The van der Waals surface area contributed by atoms with Crippen molar-refractivity contribution < 1.29 is 9.53 Å². The topological polar surface area (TPSA) is 64.3 Å². The first-order valence-corrected chi connectivity index (χ1v) is 6.81. The Bertz CT molecular complexity index is 461. The molecular weight excluding hydrogens is 240 g/mol. The van der Waals surface area contributed by atoms with Crippen LogP contribution in [0.1, 0.15) is 32.6 Å². The Balaban J connectivity index is 2.33. The van der Waals surface area contributed by atoms with E-state index in [9.17, 15) is 4.79 Å². The maximum atomic E-state index is 12.0. The highest BCUT2D eigenvalue weighted by molar-refractivity contribution is 5.89. The number of benzene rings is 1. The molecule has 1 aliphatic carbocycles. The van der Waals surface area contributed by atoms with E-state index in [-0.39, 0.29) is 11.8 Å². The van der Waals surface area contributed by atoms with Gasteiger partial charge in [-0.25, -0.2) is 0 Å². The second-order valence-corrected chi connectivity index (χ2v) is 5.31. The van der Waals surface area contributed by atoms with Crippen LogP contribution >= 0.6 is 0 Å². The normalized spacial score (nSPS) is 26.7. The number of anilines is 1. The first kappa shape index (κ1) is 13.7. The number of rotatable bonds is 4. The molecule has 4 nitrogen and oxygen atoms in total. The van der Waals surface area contributed by atoms with Gasteiger partial charge in [0, 0.05) is 0 Å². The summed E-state index contributed by atoms with van der Waals surface area (Å²) in [7, 11) is 1.63. The Morgan fingerprint density at radius 1 is 1.42 bits per heavy atom. The van der Waals surface area contributed by atoms with Gasteiger partial charge in [-0.3, -0.25) is 4.79 Å². The van der Waals surface area contributed by atoms with Crippen LogP contribution in [0.3, 0.4) is 0 Å². The smallest absolute Gasteiger partial charge is 0.243 e. The maximum absolute atomic E-state index is 12.0. The quantitative estimate of drug-likeness (QED) is 0.876. The van der Waals surface area contributed by atoms with E-state index >= 15 is 0 Å². The van der Waals surface area contributed by atoms with Gasteiger partial charge in [0.1, 0.15) is 11.3 Å². The lowest BCUT2D eigenvalue weighted by Gasteiger charge is -2.41. The van der Waals surface area contributed by atoms with Crippen molar-refractivity contribution in [3.05, 3.63) is 24.3 Å². The van der Waals surface area contributed by atoms with Crippen LogP contribution in [-0.2, 0) is 4.79 Å². The molecule has 4 heteroatoms. The van der Waals surface area contributed by atoms with E-state index in [1.165, 1.54) is 0 Å². The van der Waals surface area contributed by atoms with Crippen LogP contribution in [0.15, 0.2) is 24.3 Å². The van der Waals surface area contributed by atoms with Crippen LogP contribution in [0.25, 0.3) is 0 Å². The molecule has 1 fully saturated rings. The number of primary amides is 1. The van der Waals surface area contributed by atoms with E-state index in [2.05, 4.69) is 12.2 Å². The van der Waals surface area contributed by atoms with Crippen LogP contribution in [0.2, 0.25) is 0 Å². The largest absolute Gasteiger partial charge is 0.495 e. The number of methoxy groups -OCH3 is 1. The van der Waals surface area contributed by atoms with Gasteiger partial charge in [0.15, 0.2) is 0 Å². The average molecular weight is 262 g/mol. The lowest BCUT2D eigenvalue weighted by atomic mass is 9.73. The molecule has 0 spiro atoms. The molecule has 104 valence electrons. The fourth-order valence-corrected chi connectivity index (χ4v) is 2.95. The van der Waals surface area contributed by atoms with Gasteiger partial charge in [-0.15, -0.1) is 0 Å². The summed E-state index contributed by atoms with van der Waals surface area (Å²) in [6, 6.07) is 7.63. The second-order valence-electron chi connectivity index (χ2n) is 5.31. The summed E-state index contributed by atoms with van der Waals surface area (Å²) in [5.74, 6) is 0.690. The summed E-state index contributed by atoms with van der Waals surface area (Å²) >= 11 is 0. The molecule has 2 rings (SSSR count). The van der Waals surface area contributed by atoms with E-state index in [4.69, 9.17) is 10.5 Å². The van der Waals surface area contributed by atoms with Gasteiger partial charge in [0.25, 0.3) is 0 Å². The molecule has 0 bridgehead atoms. The zero-order valence-corrected chi connectivity index (χ0v) is 11.6. The zero-order valence-electron chi connectivity index (χ0n) is 11.6. The number of nitrogens with two attached hydrogens (primary N) is 1. The number of nitrogens with one attached hydrogen (secondary N) is 1. The maximum Gasteiger partial charge on any atom is 0.243 e. The average Bonchev–Trinajstić information content (AvgIpc) is 2.41. The molecule has 2 unspecified atom stereocenters. The lowest BCUT2D eigenvalue weighted by molar-refractivity contribution is -0.124. The third-order valence-corrected chi connectivity index (χ3v) is 4.20. The number of ether oxygens (including phenoxy) is 1. The van der Waals surface area contributed by atoms with Crippen LogP contribution < -0.4 is 15.8 Å². The van der Waals surface area contributed by atoms with Crippen molar-refractivity contribution in [2.75, 3.05) is 12.4 Å². The number of carbonyl (C=O) groups is 1. The minimum Gasteiger partial charge on any atom is -0.495 e. The standard InChI is InChI=1S/C15H22N2O2/c1-11-7-5-6-10-15(11,14(16)18)17-12-8-3-4-9-13(12)19-2/h3-4,8-9,11,17H,5-7,10H2,1-2H3,(H2,16,18). The monoisotopic (exact) mass is 262 g/mol. The summed E-state index contributed by atoms with van der Waals surface area (Å²) < 4.78 is 5.33. The van der Waals surface area contributed by atoms with Gasteiger partial charge in [-0.05, 0) is 30.9 Å². The number of amides is 1. The number of hydrogen-bond acceptors (Lipinski definition) is 3. The summed E-state index contributed by atoms with van der Waals surface area (Å²) in [4.78, 5) is 12.0. The molecular formula is C15H22N2O2. The molecule has 2 atom stereocenters. The van der Waals surface area contributed by atoms with E-state index < -0.39 is 5.54 Å². The summed E-state index contributed by atoms with van der Waals surface area (Å²) in [5, 5.41) is 3.36. The summed E-state index contributed by atoms with van der Waals surface area (Å²) in [6.45, 7) is 2.09. The minimum atomic E-state index is -0.660. The molecule has 3 N–H and O–H groups in total. The molecule has 0 radical (unpaired) electrons. The Kier molecular flexibility index (Phi) is 3.98. The van der Waals surface area contributed by atoms with Crippen LogP contribution in [0, 0.1) is 5.92 Å². The van der Waals surface area contributed by atoms with Gasteiger partial charge in [0.05, 0.1) is 12.8 Å². The molecule has 19 heavy (non-hydrogen) atoms. The Hall–Kier alpha value is -1.71. The second kappa shape index (κ2) is 5.51. The van der Waals surface area contributed by atoms with Gasteiger partial charge >= 0.3 is 0 Å². The van der Waals surface area contributed by atoms with Crippen LogP contribution in [-0.4, -0.2) is 18.6 Å². The SMILES string of the molecule is COc1ccccc1NC1(C(N)=O)CCCCC1C. The van der Waals surface area contributed by atoms with E-state index in [0.29, 0.717) is 0 Å². The summed E-state index contributed by atoms with van der Waals surface area (Å²) in [6.07, 6.45) is 3.98. The van der Waals surface area contributed by atoms with Crippen molar-refractivity contribution in [1.82, 2.24) is 0 Å². The van der Waals surface area contributed by atoms with Gasteiger partial charge in [-0.1, -0.05) is 31.9 Å². The Morgan fingerprint density at radius 3 is 2.79 bits per heavy atom. The van der Waals surface area contributed by atoms with Gasteiger partial charge in [-0.2, -0.15) is 0 Å². The van der Waals surface area contributed by atoms with Gasteiger partial charge in [0.2, 0.25) is 5.91 Å². The minimum absolute atomic E-state index is 0.226.